The molecule has 0 saturated heterocycles. The lowest BCUT2D eigenvalue weighted by Crippen LogP contribution is -2.18. The molecule has 164 valence electrons. The fourth-order valence-electron chi connectivity index (χ4n) is 3.23. The van der Waals surface area contributed by atoms with Gasteiger partial charge < -0.3 is 14.7 Å². The van der Waals surface area contributed by atoms with Gasteiger partial charge in [-0.15, -0.1) is 0 Å². The number of benzene rings is 3. The number of nitrogens with one attached hydrogen (secondary N) is 1. The molecule has 0 aliphatic carbocycles. The lowest BCUT2D eigenvalue weighted by Gasteiger charge is -2.11. The van der Waals surface area contributed by atoms with Gasteiger partial charge in [-0.1, -0.05) is 36.4 Å². The van der Waals surface area contributed by atoms with Gasteiger partial charge in [-0.2, -0.15) is 13.5 Å². The minimum absolute atomic E-state index is 0.0872. The highest BCUT2D eigenvalue weighted by molar-refractivity contribution is 7.86. The zero-order chi connectivity index (χ0) is 22.9. The summed E-state index contributed by atoms with van der Waals surface area (Å²) in [4.78, 5) is 18.4. The van der Waals surface area contributed by atoms with E-state index in [0.29, 0.717) is 10.9 Å². The Labute approximate surface area is 184 Å². The molecule has 0 atom stereocenters. The summed E-state index contributed by atoms with van der Waals surface area (Å²) in [7, 11) is -0.584. The third-order valence-corrected chi connectivity index (χ3v) is 5.73. The van der Waals surface area contributed by atoms with E-state index in [-0.39, 0.29) is 28.3 Å². The summed E-state index contributed by atoms with van der Waals surface area (Å²) in [6, 6.07) is 15.4. The van der Waals surface area contributed by atoms with Crippen LogP contribution in [0.1, 0.15) is 16.2 Å². The predicted octanol–water partition coefficient (Wildman–Crippen LogP) is 3.10. The van der Waals surface area contributed by atoms with Crippen molar-refractivity contribution >= 4 is 49.7 Å². The maximum atomic E-state index is 12.5. The number of aromatic nitrogens is 1. The first kappa shape index (κ1) is 21.5. The molecule has 1 aromatic heterocycles. The number of nitrogens with zero attached hydrogens (tertiary/aromatic N) is 3. The van der Waals surface area contributed by atoms with Crippen LogP contribution in [0.2, 0.25) is 0 Å². The summed E-state index contributed by atoms with van der Waals surface area (Å²) in [5.41, 5.74) is 5.01. The fraction of sp³-hybridized carbons (Fsp3) is 0.136. The molecule has 10 heteroatoms. The number of anilines is 1. The Hall–Kier alpha value is -3.76. The van der Waals surface area contributed by atoms with E-state index in [4.69, 9.17) is 4.42 Å². The van der Waals surface area contributed by atoms with Crippen molar-refractivity contribution in [3.8, 4) is 0 Å². The summed E-state index contributed by atoms with van der Waals surface area (Å²) in [5, 5.41) is 4.78. The number of carbonyl (C=O) groups excluding carboxylic acids is 1. The van der Waals surface area contributed by atoms with E-state index in [1.54, 1.807) is 30.5 Å². The lowest BCUT2D eigenvalue weighted by molar-refractivity contribution is 0.0961. The molecule has 32 heavy (non-hydrogen) atoms. The molecular formula is C22H20N4O5S. The number of ketones is 1. The van der Waals surface area contributed by atoms with E-state index < -0.39 is 15.9 Å². The Morgan fingerprint density at radius 2 is 1.84 bits per heavy atom. The molecule has 0 radical (unpaired) electrons. The second-order valence-electron chi connectivity index (χ2n) is 7.26. The number of hydrogen-bond donors (Lipinski definition) is 2. The molecule has 0 aliphatic rings. The number of hydrogen-bond acceptors (Lipinski definition) is 8. The molecule has 0 spiro atoms. The average Bonchev–Trinajstić information content (AvgIpc) is 3.20. The zero-order valence-corrected chi connectivity index (χ0v) is 18.1. The van der Waals surface area contributed by atoms with Gasteiger partial charge in [-0.3, -0.25) is 9.35 Å². The van der Waals surface area contributed by atoms with E-state index in [0.717, 1.165) is 11.3 Å². The van der Waals surface area contributed by atoms with Crippen LogP contribution >= 0.6 is 0 Å². The standard InChI is InChI=1S/C22H20N4O5S/c1-26(2)15-9-7-14(8-10-15)12-23-24-13-18(27)22-25-21-17-6-4-3-5-16(17)20(32(28,29)30)11-19(21)31-22/h3-12,24H,13H2,1-2H3,(H,28,29,30)/b23-12+. The number of rotatable bonds is 7. The Bertz CT molecular complexity index is 1440. The Morgan fingerprint density at radius 1 is 1.16 bits per heavy atom. The summed E-state index contributed by atoms with van der Waals surface area (Å²) >= 11 is 0. The first-order valence-electron chi connectivity index (χ1n) is 9.60. The molecule has 4 aromatic rings. The summed E-state index contributed by atoms with van der Waals surface area (Å²) in [6.45, 7) is -0.164. The number of Topliss-reactive ketones (excluding diaryl/α,β-unsaturated/α-hetero) is 1. The molecule has 2 N–H and O–H groups in total. The van der Waals surface area contributed by atoms with Gasteiger partial charge in [0.15, 0.2) is 5.58 Å². The number of hydrazone groups is 1. The summed E-state index contributed by atoms with van der Waals surface area (Å²) < 4.78 is 38.6. The highest BCUT2D eigenvalue weighted by Gasteiger charge is 2.21. The fourth-order valence-corrected chi connectivity index (χ4v) is 3.94. The summed E-state index contributed by atoms with van der Waals surface area (Å²) in [6.07, 6.45) is 1.59. The van der Waals surface area contributed by atoms with Crippen LogP contribution in [-0.4, -0.2) is 50.6 Å². The second kappa shape index (κ2) is 8.40. The van der Waals surface area contributed by atoms with E-state index in [1.165, 1.54) is 6.07 Å². The van der Waals surface area contributed by atoms with E-state index >= 15 is 0 Å². The molecule has 0 amide bonds. The molecule has 3 aromatic carbocycles. The van der Waals surface area contributed by atoms with Gasteiger partial charge in [0.2, 0.25) is 5.78 Å². The normalized spacial score (nSPS) is 12.0. The molecule has 0 aliphatic heterocycles. The van der Waals surface area contributed by atoms with Crippen molar-refractivity contribution in [3.63, 3.8) is 0 Å². The molecule has 4 rings (SSSR count). The minimum Gasteiger partial charge on any atom is -0.434 e. The minimum atomic E-state index is -4.49. The molecule has 9 nitrogen and oxygen atoms in total. The second-order valence-corrected chi connectivity index (χ2v) is 8.65. The highest BCUT2D eigenvalue weighted by Crippen LogP contribution is 2.31. The molecule has 0 saturated carbocycles. The van der Waals surface area contributed by atoms with Crippen LogP contribution in [0.25, 0.3) is 21.9 Å². The largest absolute Gasteiger partial charge is 0.434 e. The van der Waals surface area contributed by atoms with Gasteiger partial charge in [0, 0.05) is 36.6 Å². The topological polar surface area (TPSA) is 125 Å². The SMILES string of the molecule is CN(C)c1ccc(/C=N/NCC(=O)c2nc3c(cc(S(=O)(=O)O)c4ccccc43)o2)cc1. The Kier molecular flexibility index (Phi) is 5.64. The third kappa shape index (κ3) is 4.32. The van der Waals surface area contributed by atoms with E-state index in [9.17, 15) is 17.8 Å². The average molecular weight is 452 g/mol. The zero-order valence-electron chi connectivity index (χ0n) is 17.3. The number of carbonyl (C=O) groups is 1. The maximum absolute atomic E-state index is 12.5. The van der Waals surface area contributed by atoms with Gasteiger partial charge in [0.25, 0.3) is 16.0 Å². The number of oxazole rings is 1. The van der Waals surface area contributed by atoms with Crippen molar-refractivity contribution in [1.29, 1.82) is 0 Å². The highest BCUT2D eigenvalue weighted by atomic mass is 32.2. The van der Waals surface area contributed by atoms with Crippen molar-refractivity contribution in [1.82, 2.24) is 10.4 Å². The van der Waals surface area contributed by atoms with Crippen molar-refractivity contribution in [3.05, 3.63) is 66.1 Å². The van der Waals surface area contributed by atoms with Gasteiger partial charge in [-0.05, 0) is 17.7 Å². The Balaban J connectivity index is 1.53. The first-order valence-corrected chi connectivity index (χ1v) is 11.0. The van der Waals surface area contributed by atoms with Crippen molar-refractivity contribution in [2.45, 2.75) is 4.90 Å². The van der Waals surface area contributed by atoms with Gasteiger partial charge in [0.1, 0.15) is 17.0 Å². The number of fused-ring (bicyclic) bond motifs is 3. The van der Waals surface area contributed by atoms with Gasteiger partial charge >= 0.3 is 0 Å². The summed E-state index contributed by atoms with van der Waals surface area (Å²) in [5.74, 6) is -0.644. The van der Waals surface area contributed by atoms with Crippen LogP contribution in [0, 0.1) is 0 Å². The van der Waals surface area contributed by atoms with E-state index in [1.807, 2.05) is 43.3 Å². The quantitative estimate of drug-likeness (QED) is 0.190. The monoisotopic (exact) mass is 452 g/mol. The van der Waals surface area contributed by atoms with Gasteiger partial charge in [0.05, 0.1) is 6.21 Å². The maximum Gasteiger partial charge on any atom is 0.295 e. The van der Waals surface area contributed by atoms with E-state index in [2.05, 4.69) is 15.5 Å². The van der Waals surface area contributed by atoms with Crippen LogP contribution in [0.3, 0.4) is 0 Å². The van der Waals surface area contributed by atoms with Gasteiger partial charge in [-0.25, -0.2) is 4.98 Å². The smallest absolute Gasteiger partial charge is 0.295 e. The van der Waals surface area contributed by atoms with Crippen LogP contribution in [0.5, 0.6) is 0 Å². The van der Waals surface area contributed by atoms with Crippen LogP contribution in [0.4, 0.5) is 5.69 Å². The lowest BCUT2D eigenvalue weighted by atomic mass is 10.1. The molecule has 1 heterocycles. The predicted molar refractivity (Wildman–Crippen MR) is 122 cm³/mol. The van der Waals surface area contributed by atoms with Crippen LogP contribution in [0.15, 0.2) is 69.0 Å². The molecule has 0 fully saturated rings. The van der Waals surface area contributed by atoms with Crippen molar-refractivity contribution in [2.24, 2.45) is 5.10 Å². The Morgan fingerprint density at radius 3 is 2.50 bits per heavy atom. The van der Waals surface area contributed by atoms with Crippen molar-refractivity contribution < 1.29 is 22.2 Å². The van der Waals surface area contributed by atoms with Crippen LogP contribution in [-0.2, 0) is 10.1 Å². The molecule has 0 bridgehead atoms. The first-order chi connectivity index (χ1) is 15.2. The molecule has 0 unspecified atom stereocenters. The van der Waals surface area contributed by atoms with Crippen LogP contribution < -0.4 is 10.3 Å². The van der Waals surface area contributed by atoms with Crippen molar-refractivity contribution in [2.75, 3.05) is 25.5 Å². The third-order valence-electron chi connectivity index (χ3n) is 4.83. The molecular weight excluding hydrogens is 432 g/mol.